The van der Waals surface area contributed by atoms with E-state index in [9.17, 15) is 18.0 Å². The molecule has 158 valence electrons. The van der Waals surface area contributed by atoms with Gasteiger partial charge in [0.2, 0.25) is 0 Å². The van der Waals surface area contributed by atoms with Crippen LogP contribution in [0.15, 0.2) is 65.6 Å². The van der Waals surface area contributed by atoms with Crippen molar-refractivity contribution in [2.45, 2.75) is 19.5 Å². The number of rotatable bonds is 8. The molecule has 30 heavy (non-hydrogen) atoms. The van der Waals surface area contributed by atoms with Gasteiger partial charge in [0.1, 0.15) is 36.2 Å². The van der Waals surface area contributed by atoms with E-state index in [1.54, 1.807) is 18.2 Å². The van der Waals surface area contributed by atoms with Crippen molar-refractivity contribution in [2.24, 2.45) is 5.92 Å². The number of carbonyl (C=O) groups is 1. The molecule has 3 aromatic rings. The summed E-state index contributed by atoms with van der Waals surface area (Å²) in [5.41, 5.74) is 2.62. The zero-order valence-corrected chi connectivity index (χ0v) is 16.4. The van der Waals surface area contributed by atoms with Crippen LogP contribution in [0.3, 0.4) is 0 Å². The van der Waals surface area contributed by atoms with E-state index in [1.807, 2.05) is 30.3 Å². The van der Waals surface area contributed by atoms with Gasteiger partial charge in [-0.1, -0.05) is 37.8 Å². The molecule has 0 aliphatic carbocycles. The monoisotopic (exact) mass is 418 g/mol. The highest BCUT2D eigenvalue weighted by Gasteiger charge is 2.41. The molecule has 3 rings (SSSR count). The maximum absolute atomic E-state index is 13.2. The first kappa shape index (κ1) is 21.5. The van der Waals surface area contributed by atoms with Crippen molar-refractivity contribution in [1.82, 2.24) is 0 Å². The van der Waals surface area contributed by atoms with Gasteiger partial charge in [0.15, 0.2) is 0 Å². The van der Waals surface area contributed by atoms with Gasteiger partial charge in [-0.15, -0.1) is 0 Å². The van der Waals surface area contributed by atoms with Gasteiger partial charge in [0.05, 0.1) is 0 Å². The summed E-state index contributed by atoms with van der Waals surface area (Å²) in [5, 5.41) is 0.815. The smallest absolute Gasteiger partial charge is 0.398 e. The summed E-state index contributed by atoms with van der Waals surface area (Å²) in [7, 11) is 0. The first-order valence-corrected chi connectivity index (χ1v) is 9.42. The second kappa shape index (κ2) is 9.07. The van der Waals surface area contributed by atoms with Gasteiger partial charge >= 0.3 is 12.1 Å². The van der Waals surface area contributed by atoms with E-state index in [4.69, 9.17) is 9.15 Å². The van der Waals surface area contributed by atoms with Gasteiger partial charge in [-0.3, -0.25) is 0 Å². The lowest BCUT2D eigenvalue weighted by molar-refractivity contribution is -0.195. The summed E-state index contributed by atoms with van der Waals surface area (Å²) >= 11 is 0. The van der Waals surface area contributed by atoms with Crippen LogP contribution in [0.25, 0.3) is 22.3 Å². The quantitative estimate of drug-likeness (QED) is 0.335. The Balaban J connectivity index is 1.76. The minimum Gasteiger partial charge on any atom is -0.493 e. The normalized spacial score (nSPS) is 12.5. The Morgan fingerprint density at radius 3 is 2.63 bits per heavy atom. The highest BCUT2D eigenvalue weighted by molar-refractivity contribution is 5.84. The first-order chi connectivity index (χ1) is 14.3. The van der Waals surface area contributed by atoms with Crippen molar-refractivity contribution in [2.75, 3.05) is 13.2 Å². The van der Waals surface area contributed by atoms with Gasteiger partial charge in [-0.05, 0) is 30.2 Å². The molecule has 1 aromatic heterocycles. The predicted molar refractivity (Wildman–Crippen MR) is 107 cm³/mol. The zero-order valence-electron chi connectivity index (χ0n) is 16.4. The van der Waals surface area contributed by atoms with E-state index in [-0.39, 0.29) is 5.75 Å². The van der Waals surface area contributed by atoms with Crippen LogP contribution < -0.4 is 4.74 Å². The van der Waals surface area contributed by atoms with E-state index in [1.165, 1.54) is 0 Å². The summed E-state index contributed by atoms with van der Waals surface area (Å²) in [5.74, 6) is -1.96. The van der Waals surface area contributed by atoms with Crippen molar-refractivity contribution in [3.05, 3.63) is 66.7 Å². The van der Waals surface area contributed by atoms with E-state index in [0.717, 1.165) is 29.0 Å². The molecule has 0 N–H and O–H groups in total. The summed E-state index contributed by atoms with van der Waals surface area (Å²) in [6, 6.07) is 14.6. The molecular weight excluding hydrogens is 397 g/mol. The number of esters is 1. The van der Waals surface area contributed by atoms with Gasteiger partial charge < -0.3 is 13.9 Å². The molecule has 1 unspecified atom stereocenters. The standard InChI is InChI=1S/C23H21F3O4/c1-3-15-7-5-6-8-19(15)21-11-16-9-10-18(12-20(16)30-21)28-13-17(23(24,25)26)14-29-22(27)4-2/h4-12,17H,2-3,13-14H2,1H3. The van der Waals surface area contributed by atoms with Crippen LogP contribution in [-0.4, -0.2) is 25.4 Å². The fourth-order valence-electron chi connectivity index (χ4n) is 2.98. The molecule has 0 radical (unpaired) electrons. The minimum atomic E-state index is -4.58. The summed E-state index contributed by atoms with van der Waals surface area (Å²) < 4.78 is 55.3. The molecule has 0 fully saturated rings. The zero-order chi connectivity index (χ0) is 21.7. The molecule has 1 heterocycles. The van der Waals surface area contributed by atoms with Gasteiger partial charge in [-0.25, -0.2) is 4.79 Å². The summed E-state index contributed by atoms with van der Waals surface area (Å²) in [6.45, 7) is 3.69. The Morgan fingerprint density at radius 2 is 1.93 bits per heavy atom. The molecule has 2 aromatic carbocycles. The van der Waals surface area contributed by atoms with E-state index < -0.39 is 31.3 Å². The second-order valence-corrected chi connectivity index (χ2v) is 6.70. The highest BCUT2D eigenvalue weighted by Crippen LogP contribution is 2.33. The Morgan fingerprint density at radius 1 is 1.17 bits per heavy atom. The third-order valence-corrected chi connectivity index (χ3v) is 4.66. The largest absolute Gasteiger partial charge is 0.493 e. The predicted octanol–water partition coefficient (Wildman–Crippen LogP) is 5.95. The molecule has 7 heteroatoms. The fourth-order valence-corrected chi connectivity index (χ4v) is 2.98. The highest BCUT2D eigenvalue weighted by atomic mass is 19.4. The van der Waals surface area contributed by atoms with E-state index in [2.05, 4.69) is 18.2 Å². The third kappa shape index (κ3) is 5.03. The molecule has 0 bridgehead atoms. The summed E-state index contributed by atoms with van der Waals surface area (Å²) in [4.78, 5) is 11.1. The number of alkyl halides is 3. The van der Waals surface area contributed by atoms with Crippen molar-refractivity contribution < 1.29 is 31.9 Å². The van der Waals surface area contributed by atoms with Gasteiger partial charge in [0, 0.05) is 23.1 Å². The van der Waals surface area contributed by atoms with E-state index >= 15 is 0 Å². The molecule has 0 amide bonds. The number of hydrogen-bond donors (Lipinski definition) is 0. The second-order valence-electron chi connectivity index (χ2n) is 6.70. The Kier molecular flexibility index (Phi) is 6.50. The lowest BCUT2D eigenvalue weighted by atomic mass is 10.0. The molecule has 0 aliphatic rings. The number of carbonyl (C=O) groups excluding carboxylic acids is 1. The maximum Gasteiger partial charge on any atom is 0.398 e. The number of furan rings is 1. The molecule has 0 aliphatic heterocycles. The van der Waals surface area contributed by atoms with E-state index in [0.29, 0.717) is 11.3 Å². The van der Waals surface area contributed by atoms with Crippen LogP contribution in [0.1, 0.15) is 12.5 Å². The van der Waals surface area contributed by atoms with Crippen LogP contribution >= 0.6 is 0 Å². The lowest BCUT2D eigenvalue weighted by Gasteiger charge is -2.20. The SMILES string of the molecule is C=CC(=O)OCC(COc1ccc2cc(-c3ccccc3CC)oc2c1)C(F)(F)F. The topological polar surface area (TPSA) is 48.7 Å². The number of aryl methyl sites for hydroxylation is 1. The minimum absolute atomic E-state index is 0.233. The number of fused-ring (bicyclic) bond motifs is 1. The first-order valence-electron chi connectivity index (χ1n) is 9.42. The average Bonchev–Trinajstić information content (AvgIpc) is 3.15. The summed E-state index contributed by atoms with van der Waals surface area (Å²) in [6.07, 6.45) is -2.92. The van der Waals surface area contributed by atoms with Gasteiger partial charge in [-0.2, -0.15) is 13.2 Å². The Labute approximate surface area is 171 Å². The number of halogens is 3. The number of benzene rings is 2. The van der Waals surface area contributed by atoms with Crippen molar-refractivity contribution in [3.63, 3.8) is 0 Å². The third-order valence-electron chi connectivity index (χ3n) is 4.66. The Hall–Kier alpha value is -3.22. The number of ether oxygens (including phenoxy) is 2. The number of hydrogen-bond acceptors (Lipinski definition) is 4. The molecule has 0 spiro atoms. The van der Waals surface area contributed by atoms with Crippen LogP contribution in [0.4, 0.5) is 13.2 Å². The Bertz CT molecular complexity index is 1040. The van der Waals surface area contributed by atoms with Crippen molar-refractivity contribution in [1.29, 1.82) is 0 Å². The van der Waals surface area contributed by atoms with Crippen LogP contribution in [0.5, 0.6) is 5.75 Å². The molecule has 4 nitrogen and oxygen atoms in total. The van der Waals surface area contributed by atoms with Crippen LogP contribution in [0.2, 0.25) is 0 Å². The fraction of sp³-hybridized carbons (Fsp3) is 0.261. The molecule has 1 atom stereocenters. The molecule has 0 saturated carbocycles. The van der Waals surface area contributed by atoms with Crippen molar-refractivity contribution >= 4 is 16.9 Å². The van der Waals surface area contributed by atoms with Crippen LogP contribution in [-0.2, 0) is 16.0 Å². The maximum atomic E-state index is 13.2. The van der Waals surface area contributed by atoms with Gasteiger partial charge in [0.25, 0.3) is 0 Å². The van der Waals surface area contributed by atoms with Crippen LogP contribution in [0, 0.1) is 5.92 Å². The molecule has 0 saturated heterocycles. The molecular formula is C23H21F3O4. The average molecular weight is 418 g/mol. The lowest BCUT2D eigenvalue weighted by Crippen LogP contribution is -2.33. The van der Waals surface area contributed by atoms with Crippen molar-refractivity contribution in [3.8, 4) is 17.1 Å².